The molecule has 1 N–H and O–H groups in total. The molecule has 2 aliphatic rings. The first-order chi connectivity index (χ1) is 7.72. The molecule has 2 aliphatic heterocycles. The molecule has 16 heavy (non-hydrogen) atoms. The standard InChI is InChI=1S/C11H21N3O2/c1-3-10-7-14(11(15)13(10)2)6-9-8-16-5-4-12-9/h9-10,12H,3-8H2,1-2H3. The van der Waals surface area contributed by atoms with Crippen LogP contribution in [0, 0.1) is 0 Å². The lowest BCUT2D eigenvalue weighted by Gasteiger charge is -2.27. The van der Waals surface area contributed by atoms with Crippen molar-refractivity contribution in [2.75, 3.05) is 39.9 Å². The van der Waals surface area contributed by atoms with Crippen molar-refractivity contribution in [2.24, 2.45) is 0 Å². The minimum atomic E-state index is 0.152. The summed E-state index contributed by atoms with van der Waals surface area (Å²) in [6, 6.07) is 0.818. The summed E-state index contributed by atoms with van der Waals surface area (Å²) in [6.45, 7) is 6.12. The fraction of sp³-hybridized carbons (Fsp3) is 0.909. The SMILES string of the molecule is CCC1CN(CC2COCCN2)C(=O)N1C. The van der Waals surface area contributed by atoms with Crippen LogP contribution < -0.4 is 5.32 Å². The van der Waals surface area contributed by atoms with Crippen LogP contribution in [0.4, 0.5) is 4.79 Å². The maximum atomic E-state index is 11.9. The van der Waals surface area contributed by atoms with Crippen LogP contribution in [0.25, 0.3) is 0 Å². The van der Waals surface area contributed by atoms with E-state index in [0.29, 0.717) is 18.7 Å². The van der Waals surface area contributed by atoms with Crippen molar-refractivity contribution in [1.29, 1.82) is 0 Å². The van der Waals surface area contributed by atoms with Gasteiger partial charge in [0.2, 0.25) is 0 Å². The van der Waals surface area contributed by atoms with Crippen molar-refractivity contribution in [3.05, 3.63) is 0 Å². The summed E-state index contributed by atoms with van der Waals surface area (Å²) in [5.74, 6) is 0. The fourth-order valence-electron chi connectivity index (χ4n) is 2.39. The van der Waals surface area contributed by atoms with Crippen LogP contribution in [0.2, 0.25) is 0 Å². The molecule has 0 aromatic carbocycles. The number of hydrogen-bond donors (Lipinski definition) is 1. The van der Waals surface area contributed by atoms with E-state index in [1.807, 2.05) is 16.8 Å². The second-order valence-electron chi connectivity index (χ2n) is 4.59. The first-order valence-corrected chi connectivity index (χ1v) is 6.05. The van der Waals surface area contributed by atoms with Crippen LogP contribution in [-0.4, -0.2) is 67.8 Å². The lowest BCUT2D eigenvalue weighted by molar-refractivity contribution is 0.0677. The fourth-order valence-corrected chi connectivity index (χ4v) is 2.39. The summed E-state index contributed by atoms with van der Waals surface area (Å²) in [6.07, 6.45) is 1.02. The van der Waals surface area contributed by atoms with Gasteiger partial charge in [-0.1, -0.05) is 6.92 Å². The van der Waals surface area contributed by atoms with Crippen LogP contribution >= 0.6 is 0 Å². The van der Waals surface area contributed by atoms with Gasteiger partial charge >= 0.3 is 6.03 Å². The minimum Gasteiger partial charge on any atom is -0.378 e. The number of hydrogen-bond acceptors (Lipinski definition) is 3. The van der Waals surface area contributed by atoms with Crippen molar-refractivity contribution in [3.8, 4) is 0 Å². The van der Waals surface area contributed by atoms with Crippen LogP contribution in [0.3, 0.4) is 0 Å². The van der Waals surface area contributed by atoms with E-state index in [9.17, 15) is 4.79 Å². The smallest absolute Gasteiger partial charge is 0.320 e. The van der Waals surface area contributed by atoms with Crippen molar-refractivity contribution >= 4 is 6.03 Å². The summed E-state index contributed by atoms with van der Waals surface area (Å²) in [7, 11) is 1.89. The zero-order chi connectivity index (χ0) is 11.5. The van der Waals surface area contributed by atoms with Gasteiger partial charge in [-0.25, -0.2) is 4.79 Å². The van der Waals surface area contributed by atoms with Gasteiger partial charge in [-0.05, 0) is 6.42 Å². The van der Waals surface area contributed by atoms with E-state index >= 15 is 0 Å². The summed E-state index contributed by atoms with van der Waals surface area (Å²) >= 11 is 0. The van der Waals surface area contributed by atoms with Crippen LogP contribution in [-0.2, 0) is 4.74 Å². The number of likely N-dealkylation sites (N-methyl/N-ethyl adjacent to an activating group) is 1. The molecule has 0 saturated carbocycles. The molecule has 2 saturated heterocycles. The van der Waals surface area contributed by atoms with Gasteiger partial charge in [0.05, 0.1) is 19.3 Å². The highest BCUT2D eigenvalue weighted by Gasteiger charge is 2.34. The summed E-state index contributed by atoms with van der Waals surface area (Å²) in [5.41, 5.74) is 0. The van der Waals surface area contributed by atoms with E-state index in [2.05, 4.69) is 12.2 Å². The Morgan fingerprint density at radius 3 is 2.94 bits per heavy atom. The van der Waals surface area contributed by atoms with E-state index in [1.54, 1.807) is 0 Å². The Morgan fingerprint density at radius 2 is 2.38 bits per heavy atom. The lowest BCUT2D eigenvalue weighted by atomic mass is 10.2. The molecule has 5 nitrogen and oxygen atoms in total. The zero-order valence-electron chi connectivity index (χ0n) is 10.1. The molecule has 2 amide bonds. The van der Waals surface area contributed by atoms with Gasteiger partial charge in [0.1, 0.15) is 0 Å². The first kappa shape index (κ1) is 11.7. The lowest BCUT2D eigenvalue weighted by Crippen LogP contribution is -2.49. The Morgan fingerprint density at radius 1 is 1.56 bits per heavy atom. The predicted molar refractivity (Wildman–Crippen MR) is 61.4 cm³/mol. The molecule has 2 heterocycles. The Kier molecular flexibility index (Phi) is 3.66. The van der Waals surface area contributed by atoms with Gasteiger partial charge in [0, 0.05) is 32.7 Å². The third-order valence-electron chi connectivity index (χ3n) is 3.46. The van der Waals surface area contributed by atoms with Gasteiger partial charge in [-0.3, -0.25) is 0 Å². The van der Waals surface area contributed by atoms with E-state index in [1.165, 1.54) is 0 Å². The van der Waals surface area contributed by atoms with Crippen molar-refractivity contribution in [1.82, 2.24) is 15.1 Å². The number of morpholine rings is 1. The van der Waals surface area contributed by atoms with Gasteiger partial charge in [0.15, 0.2) is 0 Å². The number of amides is 2. The van der Waals surface area contributed by atoms with E-state index in [-0.39, 0.29) is 6.03 Å². The zero-order valence-corrected chi connectivity index (χ0v) is 10.1. The second kappa shape index (κ2) is 5.01. The highest BCUT2D eigenvalue weighted by atomic mass is 16.5. The Hall–Kier alpha value is -0.810. The predicted octanol–water partition coefficient (Wildman–Crippen LogP) is 0.121. The average molecular weight is 227 g/mol. The normalized spacial score (nSPS) is 31.2. The molecule has 0 radical (unpaired) electrons. The molecule has 0 spiro atoms. The van der Waals surface area contributed by atoms with E-state index in [4.69, 9.17) is 4.74 Å². The number of rotatable bonds is 3. The molecule has 0 aromatic rings. The molecule has 2 fully saturated rings. The van der Waals surface area contributed by atoms with Crippen LogP contribution in [0.15, 0.2) is 0 Å². The number of nitrogens with one attached hydrogen (secondary N) is 1. The molecule has 0 aromatic heterocycles. The molecule has 2 unspecified atom stereocenters. The highest BCUT2D eigenvalue weighted by Crippen LogP contribution is 2.16. The molecular formula is C11H21N3O2. The highest BCUT2D eigenvalue weighted by molar-refractivity contribution is 5.76. The molecular weight excluding hydrogens is 206 g/mol. The summed E-state index contributed by atoms with van der Waals surface area (Å²) < 4.78 is 5.39. The van der Waals surface area contributed by atoms with Crippen molar-refractivity contribution < 1.29 is 9.53 Å². The maximum Gasteiger partial charge on any atom is 0.320 e. The number of ether oxygens (including phenoxy) is 1. The van der Waals surface area contributed by atoms with Crippen molar-refractivity contribution in [2.45, 2.75) is 25.4 Å². The van der Waals surface area contributed by atoms with Crippen molar-refractivity contribution in [3.63, 3.8) is 0 Å². The topological polar surface area (TPSA) is 44.8 Å². The van der Waals surface area contributed by atoms with E-state index < -0.39 is 0 Å². The van der Waals surface area contributed by atoms with Gasteiger partial charge in [-0.15, -0.1) is 0 Å². The Balaban J connectivity index is 1.87. The van der Waals surface area contributed by atoms with Gasteiger partial charge in [-0.2, -0.15) is 0 Å². The molecule has 2 rings (SSSR count). The molecule has 5 heteroatoms. The Labute approximate surface area is 96.7 Å². The molecule has 92 valence electrons. The van der Waals surface area contributed by atoms with Gasteiger partial charge < -0.3 is 19.9 Å². The van der Waals surface area contributed by atoms with Crippen LogP contribution in [0.1, 0.15) is 13.3 Å². The molecule has 0 aliphatic carbocycles. The quantitative estimate of drug-likeness (QED) is 0.745. The Bertz CT molecular complexity index is 254. The minimum absolute atomic E-state index is 0.152. The average Bonchev–Trinajstić information content (AvgIpc) is 2.58. The summed E-state index contributed by atoms with van der Waals surface area (Å²) in [4.78, 5) is 15.7. The van der Waals surface area contributed by atoms with E-state index in [0.717, 1.165) is 32.7 Å². The van der Waals surface area contributed by atoms with Gasteiger partial charge in [0.25, 0.3) is 0 Å². The number of nitrogens with zero attached hydrogens (tertiary/aromatic N) is 2. The molecule has 0 bridgehead atoms. The third kappa shape index (κ3) is 2.30. The number of carbonyl (C=O) groups excluding carboxylic acids is 1. The monoisotopic (exact) mass is 227 g/mol. The largest absolute Gasteiger partial charge is 0.378 e. The molecule has 2 atom stereocenters. The third-order valence-corrected chi connectivity index (χ3v) is 3.46. The maximum absolute atomic E-state index is 11.9. The first-order valence-electron chi connectivity index (χ1n) is 6.05. The van der Waals surface area contributed by atoms with Crippen LogP contribution in [0.5, 0.6) is 0 Å². The summed E-state index contributed by atoms with van der Waals surface area (Å²) in [5, 5.41) is 3.38. The second-order valence-corrected chi connectivity index (χ2v) is 4.59. The number of urea groups is 1. The number of carbonyl (C=O) groups is 1.